The van der Waals surface area contributed by atoms with Gasteiger partial charge in [0.25, 0.3) is 0 Å². The van der Waals surface area contributed by atoms with Crippen LogP contribution in [0.5, 0.6) is 0 Å². The Labute approximate surface area is 117 Å². The minimum absolute atomic E-state index is 0.0595. The van der Waals surface area contributed by atoms with Crippen LogP contribution in [0.25, 0.3) is 0 Å². The Kier molecular flexibility index (Phi) is 6.45. The molecule has 0 bridgehead atoms. The third kappa shape index (κ3) is 4.91. The molecule has 1 unspecified atom stereocenters. The Bertz CT molecular complexity index is 525. The van der Waals surface area contributed by atoms with E-state index in [2.05, 4.69) is 4.72 Å². The van der Waals surface area contributed by atoms with Crippen LogP contribution in [-0.2, 0) is 10.0 Å². The van der Waals surface area contributed by atoms with Crippen molar-refractivity contribution >= 4 is 21.4 Å². The molecule has 0 saturated heterocycles. The van der Waals surface area contributed by atoms with Crippen LogP contribution in [0.2, 0.25) is 0 Å². The summed E-state index contributed by atoms with van der Waals surface area (Å²) in [5, 5.41) is 17.6. The van der Waals surface area contributed by atoms with E-state index in [0.717, 1.165) is 24.2 Å². The molecule has 0 aliphatic rings. The van der Waals surface area contributed by atoms with Gasteiger partial charge in [-0.15, -0.1) is 11.3 Å². The van der Waals surface area contributed by atoms with E-state index in [1.807, 2.05) is 13.0 Å². The first-order chi connectivity index (χ1) is 9.03. The number of aliphatic hydroxyl groups is 1. The molecule has 2 N–H and O–H groups in total. The highest BCUT2D eigenvalue weighted by atomic mass is 32.2. The van der Waals surface area contributed by atoms with Gasteiger partial charge in [-0.1, -0.05) is 13.3 Å². The van der Waals surface area contributed by atoms with Gasteiger partial charge >= 0.3 is 0 Å². The number of hydrogen-bond acceptors (Lipinski definition) is 5. The summed E-state index contributed by atoms with van der Waals surface area (Å²) in [5.74, 6) is 0.139. The summed E-state index contributed by atoms with van der Waals surface area (Å²) in [5.41, 5.74) is 0. The monoisotopic (exact) mass is 302 g/mol. The van der Waals surface area contributed by atoms with Gasteiger partial charge in [-0.25, -0.2) is 13.1 Å². The van der Waals surface area contributed by atoms with Gasteiger partial charge in [0, 0.05) is 13.2 Å². The first kappa shape index (κ1) is 16.1. The van der Waals surface area contributed by atoms with Crippen molar-refractivity contribution in [1.82, 2.24) is 4.72 Å². The minimum Gasteiger partial charge on any atom is -0.396 e. The minimum atomic E-state index is -3.55. The van der Waals surface area contributed by atoms with E-state index in [1.165, 1.54) is 12.1 Å². The van der Waals surface area contributed by atoms with Gasteiger partial charge in [0.15, 0.2) is 0 Å². The van der Waals surface area contributed by atoms with Gasteiger partial charge < -0.3 is 5.11 Å². The molecule has 19 heavy (non-hydrogen) atoms. The van der Waals surface area contributed by atoms with E-state index < -0.39 is 10.0 Å². The fraction of sp³-hybridized carbons (Fsp3) is 0.583. The van der Waals surface area contributed by atoms with Gasteiger partial charge in [0.2, 0.25) is 10.0 Å². The van der Waals surface area contributed by atoms with Crippen molar-refractivity contribution in [2.75, 3.05) is 13.2 Å². The molecular weight excluding hydrogens is 284 g/mol. The van der Waals surface area contributed by atoms with Crippen molar-refractivity contribution in [1.29, 1.82) is 5.26 Å². The molecule has 0 spiro atoms. The van der Waals surface area contributed by atoms with Crippen LogP contribution in [0.3, 0.4) is 0 Å². The summed E-state index contributed by atoms with van der Waals surface area (Å²) in [4.78, 5) is 0.376. The second kappa shape index (κ2) is 7.60. The van der Waals surface area contributed by atoms with Crippen molar-refractivity contribution in [3.8, 4) is 6.07 Å². The molecule has 0 saturated carbocycles. The van der Waals surface area contributed by atoms with Crippen LogP contribution >= 0.6 is 11.3 Å². The fourth-order valence-corrected chi connectivity index (χ4v) is 4.03. The second-order valence-corrected chi connectivity index (χ2v) is 7.33. The molecule has 0 fully saturated rings. The molecule has 1 heterocycles. The quantitative estimate of drug-likeness (QED) is 0.764. The predicted octanol–water partition coefficient (Wildman–Crippen LogP) is 1.70. The lowest BCUT2D eigenvalue weighted by atomic mass is 10.0. The van der Waals surface area contributed by atoms with Crippen LogP contribution in [0.15, 0.2) is 16.3 Å². The van der Waals surface area contributed by atoms with Crippen molar-refractivity contribution in [2.45, 2.75) is 30.4 Å². The van der Waals surface area contributed by atoms with E-state index >= 15 is 0 Å². The average molecular weight is 302 g/mol. The lowest BCUT2D eigenvalue weighted by Gasteiger charge is -2.15. The molecule has 0 aliphatic carbocycles. The fourth-order valence-electron chi connectivity index (χ4n) is 1.76. The number of rotatable bonds is 8. The number of hydrogen-bond donors (Lipinski definition) is 2. The number of aliphatic hydroxyl groups excluding tert-OH is 1. The number of thiophene rings is 1. The van der Waals surface area contributed by atoms with E-state index in [9.17, 15) is 8.42 Å². The zero-order valence-corrected chi connectivity index (χ0v) is 12.4. The Hall–Kier alpha value is -0.940. The maximum absolute atomic E-state index is 12.0. The lowest BCUT2D eigenvalue weighted by molar-refractivity contribution is 0.251. The molecule has 0 radical (unpaired) electrons. The summed E-state index contributed by atoms with van der Waals surface area (Å²) in [7, 11) is -3.55. The summed E-state index contributed by atoms with van der Waals surface area (Å²) in [6.45, 7) is 2.40. The van der Waals surface area contributed by atoms with Gasteiger partial charge in [0.1, 0.15) is 15.2 Å². The largest absolute Gasteiger partial charge is 0.396 e. The third-order valence-electron chi connectivity index (χ3n) is 2.75. The molecule has 7 heteroatoms. The molecule has 0 aliphatic heterocycles. The molecule has 1 aromatic rings. The highest BCUT2D eigenvalue weighted by molar-refractivity contribution is 7.91. The molecule has 1 aromatic heterocycles. The van der Waals surface area contributed by atoms with Crippen LogP contribution in [0.1, 0.15) is 31.1 Å². The molecule has 106 valence electrons. The zero-order chi connectivity index (χ0) is 14.3. The number of sulfonamides is 1. The maximum atomic E-state index is 12.0. The highest BCUT2D eigenvalue weighted by Gasteiger charge is 2.18. The second-order valence-electron chi connectivity index (χ2n) is 4.25. The van der Waals surface area contributed by atoms with Crippen molar-refractivity contribution in [3.63, 3.8) is 0 Å². The third-order valence-corrected chi connectivity index (χ3v) is 5.66. The summed E-state index contributed by atoms with van der Waals surface area (Å²) in [6, 6.07) is 4.85. The van der Waals surface area contributed by atoms with Crippen molar-refractivity contribution < 1.29 is 13.5 Å². The number of nitrogens with zero attached hydrogens (tertiary/aromatic N) is 1. The SMILES string of the molecule is CCCC(CCO)CNS(=O)(=O)c1ccc(C#N)s1. The first-order valence-electron chi connectivity index (χ1n) is 6.14. The molecular formula is C12H18N2O3S2. The smallest absolute Gasteiger partial charge is 0.250 e. The number of nitriles is 1. The van der Waals surface area contributed by atoms with Crippen LogP contribution in [0, 0.1) is 17.2 Å². The Morgan fingerprint density at radius 3 is 2.74 bits per heavy atom. The predicted molar refractivity (Wildman–Crippen MR) is 74.3 cm³/mol. The summed E-state index contributed by atoms with van der Waals surface area (Å²) >= 11 is 0.957. The lowest BCUT2D eigenvalue weighted by Crippen LogP contribution is -2.29. The number of nitrogens with one attached hydrogen (secondary N) is 1. The molecule has 0 amide bonds. The van der Waals surface area contributed by atoms with E-state index in [4.69, 9.17) is 10.4 Å². The summed E-state index contributed by atoms with van der Waals surface area (Å²) in [6.07, 6.45) is 2.41. The Morgan fingerprint density at radius 1 is 1.47 bits per heavy atom. The molecule has 1 rings (SSSR count). The maximum Gasteiger partial charge on any atom is 0.250 e. The zero-order valence-electron chi connectivity index (χ0n) is 10.8. The normalized spacial score (nSPS) is 13.1. The first-order valence-corrected chi connectivity index (χ1v) is 8.44. The van der Waals surface area contributed by atoms with Gasteiger partial charge in [-0.2, -0.15) is 5.26 Å². The van der Waals surface area contributed by atoms with Crippen LogP contribution in [-0.4, -0.2) is 26.7 Å². The van der Waals surface area contributed by atoms with Crippen LogP contribution < -0.4 is 4.72 Å². The van der Waals surface area contributed by atoms with Crippen LogP contribution in [0.4, 0.5) is 0 Å². The molecule has 0 aromatic carbocycles. The molecule has 5 nitrogen and oxygen atoms in total. The van der Waals surface area contributed by atoms with Gasteiger partial charge in [0.05, 0.1) is 0 Å². The highest BCUT2D eigenvalue weighted by Crippen LogP contribution is 2.21. The van der Waals surface area contributed by atoms with Crippen molar-refractivity contribution in [2.24, 2.45) is 5.92 Å². The summed E-state index contributed by atoms with van der Waals surface area (Å²) < 4.78 is 26.7. The van der Waals surface area contributed by atoms with Gasteiger partial charge in [-0.05, 0) is 30.9 Å². The molecule has 1 atom stereocenters. The van der Waals surface area contributed by atoms with E-state index in [-0.39, 0.29) is 16.7 Å². The average Bonchev–Trinajstić information content (AvgIpc) is 2.86. The van der Waals surface area contributed by atoms with E-state index in [1.54, 1.807) is 0 Å². The van der Waals surface area contributed by atoms with Gasteiger partial charge in [-0.3, -0.25) is 0 Å². The topological polar surface area (TPSA) is 90.2 Å². The Balaban J connectivity index is 2.66. The van der Waals surface area contributed by atoms with E-state index in [0.29, 0.717) is 17.8 Å². The van der Waals surface area contributed by atoms with Crippen molar-refractivity contribution in [3.05, 3.63) is 17.0 Å². The Morgan fingerprint density at radius 2 is 2.21 bits per heavy atom. The standard InChI is InChI=1S/C12H18N2O3S2/c1-2-3-10(6-7-15)9-14-19(16,17)12-5-4-11(8-13)18-12/h4-5,10,14-15H,2-3,6-7,9H2,1H3.